The second-order valence-electron chi connectivity index (χ2n) is 7.74. The molecule has 1 aromatic carbocycles. The number of hydrogen-bond donors (Lipinski definition) is 0. The quantitative estimate of drug-likeness (QED) is 0.182. The number of ether oxygens (including phenoxy) is 2. The highest BCUT2D eigenvalue weighted by Crippen LogP contribution is 2.48. The molecule has 0 N–H and O–H groups in total. The molecular formula is C24H30N2O4. The third-order valence-electron chi connectivity index (χ3n) is 5.18. The monoisotopic (exact) mass is 410 g/mol. The lowest BCUT2D eigenvalue weighted by Gasteiger charge is -2.27. The molecule has 0 amide bonds. The van der Waals surface area contributed by atoms with Gasteiger partial charge < -0.3 is 14.4 Å². The van der Waals surface area contributed by atoms with Crippen LogP contribution in [-0.4, -0.2) is 25.1 Å². The minimum absolute atomic E-state index is 0.0513. The Balaban J connectivity index is 2.15. The maximum atomic E-state index is 12.4. The number of hydrogen-bond acceptors (Lipinski definition) is 6. The van der Waals surface area contributed by atoms with Gasteiger partial charge in [-0.1, -0.05) is 38.1 Å². The number of nitrogens with zero attached hydrogens (tertiary/aromatic N) is 2. The Morgan fingerprint density at radius 1 is 1.23 bits per heavy atom. The number of esters is 2. The Morgan fingerprint density at radius 2 is 1.97 bits per heavy atom. The summed E-state index contributed by atoms with van der Waals surface area (Å²) in [5.74, 6) is -0.893. The van der Waals surface area contributed by atoms with Crippen molar-refractivity contribution >= 4 is 17.6 Å². The number of unbranched alkanes of at least 4 members (excludes halogenated alkanes) is 2. The van der Waals surface area contributed by atoms with E-state index in [0.717, 1.165) is 42.4 Å². The maximum absolute atomic E-state index is 12.4. The minimum Gasteiger partial charge on any atom is -0.463 e. The number of nitriles is 1. The van der Waals surface area contributed by atoms with Gasteiger partial charge in [0, 0.05) is 30.1 Å². The first-order valence-corrected chi connectivity index (χ1v) is 10.4. The van der Waals surface area contributed by atoms with Crippen molar-refractivity contribution in [1.82, 2.24) is 0 Å². The van der Waals surface area contributed by atoms with Crippen molar-refractivity contribution < 1.29 is 19.1 Å². The van der Waals surface area contributed by atoms with Gasteiger partial charge in [-0.05, 0) is 44.7 Å². The van der Waals surface area contributed by atoms with E-state index in [1.54, 1.807) is 0 Å². The van der Waals surface area contributed by atoms with Crippen molar-refractivity contribution in [3.63, 3.8) is 0 Å². The molecule has 0 fully saturated rings. The molecule has 0 bridgehead atoms. The smallest absolute Gasteiger partial charge is 0.330 e. The fraction of sp³-hybridized carbons (Fsp3) is 0.458. The van der Waals surface area contributed by atoms with Crippen LogP contribution in [0, 0.1) is 11.3 Å². The van der Waals surface area contributed by atoms with Crippen LogP contribution in [0.1, 0.15) is 58.4 Å². The van der Waals surface area contributed by atoms with E-state index in [1.165, 1.54) is 0 Å². The molecule has 0 aromatic heterocycles. The molecule has 1 aliphatic rings. The molecule has 1 aliphatic heterocycles. The first-order chi connectivity index (χ1) is 14.4. The number of para-hydroxylation sites is 1. The summed E-state index contributed by atoms with van der Waals surface area (Å²) in [5, 5.41) is 9.81. The Kier molecular flexibility index (Phi) is 8.23. The lowest BCUT2D eigenvalue weighted by molar-refractivity contribution is -0.139. The van der Waals surface area contributed by atoms with Crippen molar-refractivity contribution in [2.24, 2.45) is 0 Å². The van der Waals surface area contributed by atoms with Crippen LogP contribution in [0.3, 0.4) is 0 Å². The van der Waals surface area contributed by atoms with Gasteiger partial charge in [-0.15, -0.1) is 0 Å². The highest BCUT2D eigenvalue weighted by atomic mass is 16.5. The second-order valence-corrected chi connectivity index (χ2v) is 7.74. The summed E-state index contributed by atoms with van der Waals surface area (Å²) in [7, 11) is 0. The number of allylic oxidation sites excluding steroid dienone is 2. The van der Waals surface area contributed by atoms with E-state index in [-0.39, 0.29) is 18.8 Å². The standard InChI is InChI=1S/C24H30N2O4/c1-5-7-15-26-19-13-9-8-12-18(19)24(3,4)23(26)20(17-25)30-22(28)14-10-11-16-29-21(27)6-2/h6,8-9,12-13H,2,5,7,10-11,14-16H2,1,3-4H3/b23-20+. The van der Waals surface area contributed by atoms with Gasteiger partial charge in [0.1, 0.15) is 6.07 Å². The summed E-state index contributed by atoms with van der Waals surface area (Å²) in [6, 6.07) is 10.2. The number of carbonyl (C=O) groups is 2. The van der Waals surface area contributed by atoms with E-state index >= 15 is 0 Å². The van der Waals surface area contributed by atoms with Gasteiger partial charge in [-0.3, -0.25) is 4.79 Å². The molecule has 0 saturated carbocycles. The number of rotatable bonds is 10. The fourth-order valence-corrected chi connectivity index (χ4v) is 3.67. The van der Waals surface area contributed by atoms with Crippen LogP contribution in [0.25, 0.3) is 0 Å². The van der Waals surface area contributed by atoms with Crippen molar-refractivity contribution in [3.8, 4) is 6.07 Å². The largest absolute Gasteiger partial charge is 0.463 e. The molecule has 0 spiro atoms. The van der Waals surface area contributed by atoms with Crippen LogP contribution in [-0.2, 0) is 24.5 Å². The van der Waals surface area contributed by atoms with E-state index in [4.69, 9.17) is 9.47 Å². The van der Waals surface area contributed by atoms with E-state index < -0.39 is 17.4 Å². The number of carbonyl (C=O) groups excluding carboxylic acids is 2. The topological polar surface area (TPSA) is 79.6 Å². The summed E-state index contributed by atoms with van der Waals surface area (Å²) >= 11 is 0. The van der Waals surface area contributed by atoms with Gasteiger partial charge in [-0.25, -0.2) is 4.79 Å². The van der Waals surface area contributed by atoms with Gasteiger partial charge in [0.25, 0.3) is 0 Å². The lowest BCUT2D eigenvalue weighted by Crippen LogP contribution is -2.29. The van der Waals surface area contributed by atoms with E-state index in [1.807, 2.05) is 32.0 Å². The molecule has 0 aliphatic carbocycles. The van der Waals surface area contributed by atoms with Crippen molar-refractivity contribution in [3.05, 3.63) is 53.9 Å². The molecule has 30 heavy (non-hydrogen) atoms. The van der Waals surface area contributed by atoms with Gasteiger partial charge in [0.2, 0.25) is 5.76 Å². The van der Waals surface area contributed by atoms with Gasteiger partial charge in [0.15, 0.2) is 0 Å². The molecule has 6 nitrogen and oxygen atoms in total. The molecule has 0 saturated heterocycles. The van der Waals surface area contributed by atoms with Crippen LogP contribution in [0.2, 0.25) is 0 Å². The van der Waals surface area contributed by atoms with E-state index in [2.05, 4.69) is 30.5 Å². The zero-order valence-electron chi connectivity index (χ0n) is 18.1. The fourth-order valence-electron chi connectivity index (χ4n) is 3.67. The zero-order valence-corrected chi connectivity index (χ0v) is 18.1. The number of anilines is 1. The molecule has 0 atom stereocenters. The first-order valence-electron chi connectivity index (χ1n) is 10.4. The highest BCUT2D eigenvalue weighted by Gasteiger charge is 2.43. The van der Waals surface area contributed by atoms with E-state index in [9.17, 15) is 14.9 Å². The van der Waals surface area contributed by atoms with E-state index in [0.29, 0.717) is 12.8 Å². The molecule has 0 unspecified atom stereocenters. The Morgan fingerprint density at radius 3 is 2.63 bits per heavy atom. The zero-order chi connectivity index (χ0) is 22.1. The molecule has 0 radical (unpaired) electrons. The van der Waals surface area contributed by atoms with Gasteiger partial charge in [-0.2, -0.15) is 5.26 Å². The third kappa shape index (κ3) is 5.29. The van der Waals surface area contributed by atoms with Crippen LogP contribution in [0.4, 0.5) is 5.69 Å². The SMILES string of the molecule is C=CC(=O)OCCCCC(=O)O/C(C#N)=C1/N(CCCC)c2ccccc2C1(C)C. The van der Waals surface area contributed by atoms with Crippen LogP contribution in [0.15, 0.2) is 48.4 Å². The predicted octanol–water partition coefficient (Wildman–Crippen LogP) is 4.76. The number of fused-ring (bicyclic) bond motifs is 1. The van der Waals surface area contributed by atoms with Crippen molar-refractivity contribution in [1.29, 1.82) is 5.26 Å². The van der Waals surface area contributed by atoms with Crippen LogP contribution >= 0.6 is 0 Å². The Labute approximate surface area is 178 Å². The number of benzene rings is 1. The molecule has 1 aromatic rings. The molecular weight excluding hydrogens is 380 g/mol. The normalized spacial score (nSPS) is 15.7. The summed E-state index contributed by atoms with van der Waals surface area (Å²) in [5.41, 5.74) is 2.45. The second kappa shape index (κ2) is 10.6. The van der Waals surface area contributed by atoms with Gasteiger partial charge >= 0.3 is 11.9 Å². The minimum atomic E-state index is -0.482. The highest BCUT2D eigenvalue weighted by molar-refractivity contribution is 5.81. The van der Waals surface area contributed by atoms with Crippen molar-refractivity contribution in [2.75, 3.05) is 18.1 Å². The average molecular weight is 411 g/mol. The molecule has 2 rings (SSSR count). The van der Waals surface area contributed by atoms with Gasteiger partial charge in [0.05, 0.1) is 12.3 Å². The van der Waals surface area contributed by atoms with Crippen LogP contribution < -0.4 is 4.90 Å². The molecule has 1 heterocycles. The lowest BCUT2D eigenvalue weighted by atomic mass is 9.83. The summed E-state index contributed by atoms with van der Waals surface area (Å²) in [6.45, 7) is 10.5. The van der Waals surface area contributed by atoms with Crippen molar-refractivity contribution in [2.45, 2.75) is 58.3 Å². The molecule has 160 valence electrons. The first kappa shape index (κ1) is 23.2. The molecule has 6 heteroatoms. The summed E-state index contributed by atoms with van der Waals surface area (Å²) in [4.78, 5) is 25.5. The Bertz CT molecular complexity index is 864. The third-order valence-corrected chi connectivity index (χ3v) is 5.18. The average Bonchev–Trinajstić information content (AvgIpc) is 2.96. The Hall–Kier alpha value is -3.07. The summed E-state index contributed by atoms with van der Waals surface area (Å²) < 4.78 is 10.4. The maximum Gasteiger partial charge on any atom is 0.330 e. The predicted molar refractivity (Wildman–Crippen MR) is 115 cm³/mol. The summed E-state index contributed by atoms with van der Waals surface area (Å²) in [6.07, 6.45) is 4.26. The van der Waals surface area contributed by atoms with Crippen LogP contribution in [0.5, 0.6) is 0 Å².